The lowest BCUT2D eigenvalue weighted by Gasteiger charge is -2.14. The number of carbonyl (C=O) groups is 2. The van der Waals surface area contributed by atoms with Crippen LogP contribution >= 0.6 is 0 Å². The number of aryl methyl sites for hydroxylation is 2. The van der Waals surface area contributed by atoms with Crippen LogP contribution in [0.2, 0.25) is 0 Å². The van der Waals surface area contributed by atoms with Crippen LogP contribution in [0.1, 0.15) is 11.1 Å². The van der Waals surface area contributed by atoms with Gasteiger partial charge >= 0.3 is 5.97 Å². The molecular weight excluding hydrogens is 250 g/mol. The van der Waals surface area contributed by atoms with Crippen molar-refractivity contribution in [3.63, 3.8) is 0 Å². The summed E-state index contributed by atoms with van der Waals surface area (Å²) in [7, 11) is 0. The highest BCUT2D eigenvalue weighted by Gasteiger charge is 2.19. The highest BCUT2D eigenvalue weighted by Crippen LogP contribution is 2.21. The molecule has 0 aliphatic heterocycles. The van der Waals surface area contributed by atoms with Crippen LogP contribution in [0.15, 0.2) is 18.2 Å². The first-order chi connectivity index (χ1) is 8.95. The molecule has 0 radical (unpaired) electrons. The maximum Gasteiger partial charge on any atom is 0.328 e. The van der Waals surface area contributed by atoms with Crippen LogP contribution in [0.3, 0.4) is 0 Å². The number of amides is 1. The van der Waals surface area contributed by atoms with Gasteiger partial charge in [-0.3, -0.25) is 4.79 Å². The number of rotatable bonds is 6. The number of carbonyl (C=O) groups excluding carboxylic acids is 1. The van der Waals surface area contributed by atoms with E-state index >= 15 is 0 Å². The zero-order valence-electron chi connectivity index (χ0n) is 10.8. The second kappa shape index (κ2) is 6.75. The molecule has 0 heterocycles. The Kier molecular flexibility index (Phi) is 5.32. The third kappa shape index (κ3) is 4.26. The van der Waals surface area contributed by atoms with Crippen LogP contribution in [0.4, 0.5) is 0 Å². The molecule has 0 aliphatic carbocycles. The summed E-state index contributed by atoms with van der Waals surface area (Å²) in [6, 6.07) is 4.28. The normalized spacial score (nSPS) is 11.7. The number of benzene rings is 1. The number of hydrogen-bond acceptors (Lipinski definition) is 4. The molecule has 3 N–H and O–H groups in total. The van der Waals surface area contributed by atoms with Crippen molar-refractivity contribution in [3.05, 3.63) is 29.3 Å². The first-order valence-electron chi connectivity index (χ1n) is 5.77. The van der Waals surface area contributed by atoms with Crippen molar-refractivity contribution in [2.45, 2.75) is 19.9 Å². The van der Waals surface area contributed by atoms with Crippen molar-refractivity contribution in [2.24, 2.45) is 0 Å². The molecule has 1 rings (SSSR count). The molecule has 0 spiro atoms. The van der Waals surface area contributed by atoms with Crippen LogP contribution in [-0.2, 0) is 9.59 Å². The standard InChI is InChI=1S/C13H17NO5/c1-8-4-3-5-9(2)12(8)19-7-11(16)14-10(6-15)13(17)18/h3-5,10,15H,6-7H2,1-2H3,(H,14,16)(H,17,18)/t10-/m0/s1. The van der Waals surface area contributed by atoms with Crippen LogP contribution in [0, 0.1) is 13.8 Å². The van der Waals surface area contributed by atoms with Gasteiger partial charge in [-0.25, -0.2) is 4.79 Å². The summed E-state index contributed by atoms with van der Waals surface area (Å²) in [6.45, 7) is 2.75. The van der Waals surface area contributed by atoms with Gasteiger partial charge in [0.05, 0.1) is 6.61 Å². The van der Waals surface area contributed by atoms with E-state index in [4.69, 9.17) is 14.9 Å². The van der Waals surface area contributed by atoms with Crippen molar-refractivity contribution in [1.29, 1.82) is 0 Å². The third-order valence-corrected chi connectivity index (χ3v) is 2.57. The number of carboxylic acids is 1. The summed E-state index contributed by atoms with van der Waals surface area (Å²) in [5, 5.41) is 19.6. The van der Waals surface area contributed by atoms with Crippen LogP contribution < -0.4 is 10.1 Å². The Balaban J connectivity index is 2.57. The van der Waals surface area contributed by atoms with Crippen molar-refractivity contribution < 1.29 is 24.5 Å². The van der Waals surface area contributed by atoms with Crippen molar-refractivity contribution in [1.82, 2.24) is 5.32 Å². The number of hydrogen-bond donors (Lipinski definition) is 3. The summed E-state index contributed by atoms with van der Waals surface area (Å²) in [6.07, 6.45) is 0. The summed E-state index contributed by atoms with van der Waals surface area (Å²) < 4.78 is 5.37. The predicted octanol–water partition coefficient (Wildman–Crippen LogP) is 0.244. The molecule has 0 aromatic heterocycles. The molecule has 1 amide bonds. The second-order valence-electron chi connectivity index (χ2n) is 4.15. The predicted molar refractivity (Wildman–Crippen MR) is 68.1 cm³/mol. The maximum absolute atomic E-state index is 11.5. The highest BCUT2D eigenvalue weighted by atomic mass is 16.5. The number of aliphatic carboxylic acids is 1. The van der Waals surface area contributed by atoms with Gasteiger partial charge in [0, 0.05) is 0 Å². The largest absolute Gasteiger partial charge is 0.483 e. The fraction of sp³-hybridized carbons (Fsp3) is 0.385. The van der Waals surface area contributed by atoms with E-state index in [0.29, 0.717) is 5.75 Å². The molecule has 104 valence electrons. The number of para-hydroxylation sites is 1. The molecule has 0 saturated heterocycles. The molecule has 0 unspecified atom stereocenters. The van der Waals surface area contributed by atoms with E-state index in [9.17, 15) is 9.59 Å². The quantitative estimate of drug-likeness (QED) is 0.686. The van der Waals surface area contributed by atoms with E-state index in [1.807, 2.05) is 32.0 Å². The van der Waals surface area contributed by atoms with Gasteiger partial charge < -0.3 is 20.3 Å². The molecular formula is C13H17NO5. The Hall–Kier alpha value is -2.08. The van der Waals surface area contributed by atoms with E-state index in [1.165, 1.54) is 0 Å². The highest BCUT2D eigenvalue weighted by molar-refractivity contribution is 5.84. The first-order valence-corrected chi connectivity index (χ1v) is 5.77. The van der Waals surface area contributed by atoms with E-state index in [1.54, 1.807) is 0 Å². The van der Waals surface area contributed by atoms with Gasteiger partial charge in [-0.1, -0.05) is 18.2 Å². The molecule has 6 nitrogen and oxygen atoms in total. The van der Waals surface area contributed by atoms with E-state index in [2.05, 4.69) is 5.32 Å². The lowest BCUT2D eigenvalue weighted by atomic mass is 10.1. The molecule has 19 heavy (non-hydrogen) atoms. The molecule has 6 heteroatoms. The molecule has 1 aromatic carbocycles. The van der Waals surface area contributed by atoms with Crippen LogP contribution in [0.5, 0.6) is 5.75 Å². The zero-order chi connectivity index (χ0) is 14.4. The van der Waals surface area contributed by atoms with Gasteiger partial charge in [0.15, 0.2) is 6.61 Å². The minimum atomic E-state index is -1.31. The minimum absolute atomic E-state index is 0.296. The van der Waals surface area contributed by atoms with Crippen LogP contribution in [-0.4, -0.2) is 41.3 Å². The summed E-state index contributed by atoms with van der Waals surface area (Å²) in [5.41, 5.74) is 1.79. The topological polar surface area (TPSA) is 95.9 Å². The molecule has 1 aromatic rings. The molecule has 0 fully saturated rings. The van der Waals surface area contributed by atoms with Gasteiger partial charge in [-0.05, 0) is 25.0 Å². The Morgan fingerprint density at radius 2 is 1.89 bits per heavy atom. The van der Waals surface area contributed by atoms with E-state index in [0.717, 1.165) is 11.1 Å². The summed E-state index contributed by atoms with van der Waals surface area (Å²) in [4.78, 5) is 22.1. The molecule has 0 bridgehead atoms. The number of aliphatic hydroxyl groups excluding tert-OH is 1. The smallest absolute Gasteiger partial charge is 0.328 e. The molecule has 0 saturated carbocycles. The second-order valence-corrected chi connectivity index (χ2v) is 4.15. The Morgan fingerprint density at radius 3 is 2.37 bits per heavy atom. The molecule has 0 aliphatic rings. The van der Waals surface area contributed by atoms with E-state index < -0.39 is 24.5 Å². The SMILES string of the molecule is Cc1cccc(C)c1OCC(=O)N[C@@H](CO)C(=O)O. The molecule has 1 atom stereocenters. The monoisotopic (exact) mass is 267 g/mol. The van der Waals surface area contributed by atoms with Crippen molar-refractivity contribution >= 4 is 11.9 Å². The Bertz CT molecular complexity index is 452. The van der Waals surface area contributed by atoms with Gasteiger partial charge in [0.2, 0.25) is 0 Å². The van der Waals surface area contributed by atoms with E-state index in [-0.39, 0.29) is 6.61 Å². The Morgan fingerprint density at radius 1 is 1.32 bits per heavy atom. The summed E-state index contributed by atoms with van der Waals surface area (Å²) >= 11 is 0. The lowest BCUT2D eigenvalue weighted by Crippen LogP contribution is -2.45. The number of ether oxygens (including phenoxy) is 1. The fourth-order valence-corrected chi connectivity index (χ4v) is 1.59. The van der Waals surface area contributed by atoms with Gasteiger partial charge in [0.25, 0.3) is 5.91 Å². The number of carboxylic acid groups (broad SMARTS) is 1. The van der Waals surface area contributed by atoms with Crippen molar-refractivity contribution in [2.75, 3.05) is 13.2 Å². The van der Waals surface area contributed by atoms with Crippen molar-refractivity contribution in [3.8, 4) is 5.75 Å². The number of aliphatic hydroxyl groups is 1. The van der Waals surface area contributed by atoms with Gasteiger partial charge in [-0.2, -0.15) is 0 Å². The maximum atomic E-state index is 11.5. The first kappa shape index (κ1) is 15.0. The Labute approximate surface area is 111 Å². The minimum Gasteiger partial charge on any atom is -0.483 e. The average Bonchev–Trinajstić information content (AvgIpc) is 2.35. The van der Waals surface area contributed by atoms with Gasteiger partial charge in [0.1, 0.15) is 11.8 Å². The summed E-state index contributed by atoms with van der Waals surface area (Å²) in [5.74, 6) is -1.28. The average molecular weight is 267 g/mol. The zero-order valence-corrected chi connectivity index (χ0v) is 10.8. The van der Waals surface area contributed by atoms with Crippen LogP contribution in [0.25, 0.3) is 0 Å². The van der Waals surface area contributed by atoms with Gasteiger partial charge in [-0.15, -0.1) is 0 Å². The third-order valence-electron chi connectivity index (χ3n) is 2.57. The lowest BCUT2D eigenvalue weighted by molar-refractivity contribution is -0.143. The number of nitrogens with one attached hydrogen (secondary N) is 1. The fourth-order valence-electron chi connectivity index (χ4n) is 1.59.